The molecule has 1 aliphatic carbocycles. The van der Waals surface area contributed by atoms with Gasteiger partial charge in [0, 0.05) is 62.2 Å². The number of nitrogens with zero attached hydrogens (tertiary/aromatic N) is 3. The van der Waals surface area contributed by atoms with E-state index in [4.69, 9.17) is 5.73 Å². The number of nitrogens with one attached hydrogen (secondary N) is 1. The van der Waals surface area contributed by atoms with E-state index in [9.17, 15) is 8.78 Å². The van der Waals surface area contributed by atoms with Crippen LogP contribution in [-0.4, -0.2) is 44.7 Å². The average Bonchev–Trinajstić information content (AvgIpc) is 3.33. The molecule has 1 aromatic heterocycles. The predicted molar refractivity (Wildman–Crippen MR) is 111 cm³/mol. The Morgan fingerprint density at radius 1 is 1.13 bits per heavy atom. The van der Waals surface area contributed by atoms with Gasteiger partial charge in [-0.05, 0) is 24.1 Å². The van der Waals surface area contributed by atoms with Crippen LogP contribution in [0.5, 0.6) is 0 Å². The third-order valence-corrected chi connectivity index (χ3v) is 6.74. The van der Waals surface area contributed by atoms with Crippen LogP contribution in [0.25, 0.3) is 0 Å². The van der Waals surface area contributed by atoms with E-state index < -0.39 is 5.92 Å². The molecular weight excluding hydrogens is 384 g/mol. The second-order valence-electron chi connectivity index (χ2n) is 8.71. The zero-order valence-electron chi connectivity index (χ0n) is 16.8. The first-order chi connectivity index (χ1) is 14.6. The summed E-state index contributed by atoms with van der Waals surface area (Å²) in [6.07, 6.45) is 5.23. The Balaban J connectivity index is 1.40. The number of aromatic nitrogens is 2. The largest absolute Gasteiger partial charge is 0.326 e. The molecule has 30 heavy (non-hydrogen) atoms. The van der Waals surface area contributed by atoms with Crippen molar-refractivity contribution >= 4 is 0 Å². The lowest BCUT2D eigenvalue weighted by Crippen LogP contribution is -2.62. The molecule has 7 heteroatoms. The van der Waals surface area contributed by atoms with Crippen LogP contribution in [-0.2, 0) is 19.6 Å². The lowest BCUT2D eigenvalue weighted by Gasteiger charge is -2.48. The van der Waals surface area contributed by atoms with Crippen molar-refractivity contribution in [2.45, 2.75) is 50.6 Å². The van der Waals surface area contributed by atoms with E-state index in [1.807, 2.05) is 24.4 Å². The summed E-state index contributed by atoms with van der Waals surface area (Å²) in [7, 11) is 0. The summed E-state index contributed by atoms with van der Waals surface area (Å²) in [6, 6.07) is 9.94. The van der Waals surface area contributed by atoms with E-state index in [-0.39, 0.29) is 36.2 Å². The standard InChI is InChI=1S/C23H27F2N5/c24-17-6-7-20(25)19(8-17)23-21(26)9-18(29-12-16-10-27-28-22(16)14-29)13-30(23)11-15-4-2-1-3-5-15/h1-7,10,18-19,21,23H,8-9,11-14,26H2,(H,27,28)/t18?,19?,21?,23-/m1/s1. The van der Waals surface area contributed by atoms with Crippen LogP contribution >= 0.6 is 0 Å². The topological polar surface area (TPSA) is 61.2 Å². The number of hydrogen-bond donors (Lipinski definition) is 2. The van der Waals surface area contributed by atoms with Crippen LogP contribution in [0, 0.1) is 5.92 Å². The summed E-state index contributed by atoms with van der Waals surface area (Å²) in [6.45, 7) is 3.12. The number of H-pyrrole nitrogens is 1. The van der Waals surface area contributed by atoms with Gasteiger partial charge in [0.15, 0.2) is 0 Å². The fourth-order valence-corrected chi connectivity index (χ4v) is 5.30. The van der Waals surface area contributed by atoms with E-state index in [0.29, 0.717) is 6.54 Å². The highest BCUT2D eigenvalue weighted by Crippen LogP contribution is 2.38. The van der Waals surface area contributed by atoms with Crippen molar-refractivity contribution in [1.29, 1.82) is 0 Å². The van der Waals surface area contributed by atoms with E-state index in [1.54, 1.807) is 0 Å². The Kier molecular flexibility index (Phi) is 5.26. The Hall–Kier alpha value is -2.35. The summed E-state index contributed by atoms with van der Waals surface area (Å²) in [5, 5.41) is 7.20. The molecule has 5 rings (SSSR count). The molecule has 2 aliphatic heterocycles. The van der Waals surface area contributed by atoms with Crippen molar-refractivity contribution in [1.82, 2.24) is 20.0 Å². The number of fused-ring (bicyclic) bond motifs is 1. The van der Waals surface area contributed by atoms with E-state index in [2.05, 4.69) is 32.1 Å². The molecule has 158 valence electrons. The molecule has 1 fully saturated rings. The molecule has 0 spiro atoms. The second-order valence-corrected chi connectivity index (χ2v) is 8.71. The van der Waals surface area contributed by atoms with Gasteiger partial charge in [-0.15, -0.1) is 0 Å². The van der Waals surface area contributed by atoms with Gasteiger partial charge in [0.05, 0.1) is 11.9 Å². The zero-order chi connectivity index (χ0) is 20.7. The van der Waals surface area contributed by atoms with Crippen molar-refractivity contribution in [2.75, 3.05) is 6.54 Å². The van der Waals surface area contributed by atoms with Gasteiger partial charge >= 0.3 is 0 Å². The first-order valence-corrected chi connectivity index (χ1v) is 10.6. The van der Waals surface area contributed by atoms with Gasteiger partial charge in [-0.1, -0.05) is 30.3 Å². The van der Waals surface area contributed by atoms with E-state index in [1.165, 1.54) is 17.7 Å². The number of benzene rings is 1. The third kappa shape index (κ3) is 3.73. The fourth-order valence-electron chi connectivity index (χ4n) is 5.30. The van der Waals surface area contributed by atoms with Gasteiger partial charge in [-0.3, -0.25) is 14.9 Å². The molecule has 3 unspecified atom stereocenters. The van der Waals surface area contributed by atoms with E-state index in [0.717, 1.165) is 37.3 Å². The fraction of sp³-hybridized carbons (Fsp3) is 0.435. The maximum absolute atomic E-state index is 14.8. The molecule has 5 nitrogen and oxygen atoms in total. The number of likely N-dealkylation sites (tertiary alicyclic amines) is 1. The first kappa shape index (κ1) is 19.6. The zero-order valence-corrected chi connectivity index (χ0v) is 16.8. The van der Waals surface area contributed by atoms with Gasteiger partial charge in [-0.25, -0.2) is 8.78 Å². The van der Waals surface area contributed by atoms with Crippen molar-refractivity contribution in [2.24, 2.45) is 11.7 Å². The lowest BCUT2D eigenvalue weighted by atomic mass is 9.80. The molecule has 3 N–H and O–H groups in total. The highest BCUT2D eigenvalue weighted by atomic mass is 19.1. The van der Waals surface area contributed by atoms with Crippen molar-refractivity contribution in [3.8, 4) is 0 Å². The van der Waals surface area contributed by atoms with Gasteiger partial charge in [-0.2, -0.15) is 5.10 Å². The number of aromatic amines is 1. The molecular formula is C23H27F2N5. The molecule has 3 heterocycles. The average molecular weight is 412 g/mol. The monoisotopic (exact) mass is 411 g/mol. The molecule has 4 atom stereocenters. The Labute approximate surface area is 175 Å². The number of piperidine rings is 1. The second kappa shape index (κ2) is 8.06. The van der Waals surface area contributed by atoms with Crippen molar-refractivity contribution in [3.05, 3.63) is 77.2 Å². The smallest absolute Gasteiger partial charge is 0.105 e. The normalized spacial score (nSPS) is 30.1. The summed E-state index contributed by atoms with van der Waals surface area (Å²) >= 11 is 0. The predicted octanol–water partition coefficient (Wildman–Crippen LogP) is 3.42. The quantitative estimate of drug-likeness (QED) is 0.809. The van der Waals surface area contributed by atoms with Crippen molar-refractivity contribution in [3.63, 3.8) is 0 Å². The van der Waals surface area contributed by atoms with Crippen LogP contribution in [0.3, 0.4) is 0 Å². The molecule has 0 bridgehead atoms. The minimum Gasteiger partial charge on any atom is -0.326 e. The van der Waals surface area contributed by atoms with Crippen LogP contribution in [0.15, 0.2) is 60.3 Å². The number of allylic oxidation sites excluding steroid dienone is 3. The molecule has 1 saturated heterocycles. The highest BCUT2D eigenvalue weighted by Gasteiger charge is 2.43. The maximum atomic E-state index is 14.8. The Morgan fingerprint density at radius 2 is 1.97 bits per heavy atom. The minimum absolute atomic E-state index is 0.0800. The summed E-state index contributed by atoms with van der Waals surface area (Å²) in [4.78, 5) is 4.69. The molecule has 1 aromatic carbocycles. The summed E-state index contributed by atoms with van der Waals surface area (Å²) in [5.74, 6) is -1.08. The lowest BCUT2D eigenvalue weighted by molar-refractivity contribution is 0.0149. The van der Waals surface area contributed by atoms with Gasteiger partial charge in [0.1, 0.15) is 11.7 Å². The summed E-state index contributed by atoms with van der Waals surface area (Å²) < 4.78 is 28.8. The highest BCUT2D eigenvalue weighted by molar-refractivity contribution is 5.24. The van der Waals surface area contributed by atoms with Crippen LogP contribution in [0.1, 0.15) is 29.7 Å². The Morgan fingerprint density at radius 3 is 2.77 bits per heavy atom. The first-order valence-electron chi connectivity index (χ1n) is 10.6. The molecule has 0 amide bonds. The SMILES string of the molecule is NC1CC(N2Cc3cn[nH]c3C2)CN(Cc2ccccc2)[C@@H]1C1CC(F)=CC=C1F. The number of halogens is 2. The molecule has 2 aromatic rings. The van der Waals surface area contributed by atoms with E-state index >= 15 is 0 Å². The van der Waals surface area contributed by atoms with Crippen LogP contribution in [0.4, 0.5) is 8.78 Å². The molecule has 0 saturated carbocycles. The summed E-state index contributed by atoms with van der Waals surface area (Å²) in [5.41, 5.74) is 10.2. The van der Waals surface area contributed by atoms with Gasteiger partial charge in [0.2, 0.25) is 0 Å². The Bertz CT molecular complexity index is 933. The van der Waals surface area contributed by atoms with Crippen molar-refractivity contribution < 1.29 is 8.78 Å². The van der Waals surface area contributed by atoms with Gasteiger partial charge in [0.25, 0.3) is 0 Å². The number of rotatable bonds is 4. The molecule has 3 aliphatic rings. The molecule has 0 radical (unpaired) electrons. The van der Waals surface area contributed by atoms with Crippen LogP contribution < -0.4 is 5.73 Å². The van der Waals surface area contributed by atoms with Crippen LogP contribution in [0.2, 0.25) is 0 Å². The third-order valence-electron chi connectivity index (χ3n) is 6.74. The number of hydrogen-bond acceptors (Lipinski definition) is 4. The van der Waals surface area contributed by atoms with Gasteiger partial charge < -0.3 is 5.73 Å². The maximum Gasteiger partial charge on any atom is 0.105 e. The number of nitrogens with two attached hydrogens (primary N) is 1. The minimum atomic E-state index is -0.537.